The number of aliphatic hydroxyl groups excluding tert-OH is 1. The van der Waals surface area contributed by atoms with E-state index in [1.807, 2.05) is 0 Å². The van der Waals surface area contributed by atoms with Crippen LogP contribution < -0.4 is 5.32 Å². The predicted molar refractivity (Wildman–Crippen MR) is 131 cm³/mol. The van der Waals surface area contributed by atoms with Crippen LogP contribution in [0.5, 0.6) is 0 Å². The molecule has 0 radical (unpaired) electrons. The van der Waals surface area contributed by atoms with E-state index in [9.17, 15) is 19.5 Å². The second-order valence-electron chi connectivity index (χ2n) is 8.12. The van der Waals surface area contributed by atoms with Crippen LogP contribution in [-0.4, -0.2) is 60.5 Å². The molecule has 2 amide bonds. The summed E-state index contributed by atoms with van der Waals surface area (Å²) in [6.45, 7) is 0.0344. The molecular formula is C23H20Cl3N5O5. The van der Waals surface area contributed by atoms with Gasteiger partial charge < -0.3 is 20.4 Å². The van der Waals surface area contributed by atoms with Crippen LogP contribution in [-0.2, 0) is 30.9 Å². The monoisotopic (exact) mass is 551 g/mol. The lowest BCUT2D eigenvalue weighted by Gasteiger charge is -2.30. The van der Waals surface area contributed by atoms with Gasteiger partial charge in [0.25, 0.3) is 11.8 Å². The van der Waals surface area contributed by atoms with E-state index in [-0.39, 0.29) is 46.9 Å². The summed E-state index contributed by atoms with van der Waals surface area (Å²) in [5.41, 5.74) is 2.07. The van der Waals surface area contributed by atoms with E-state index in [2.05, 4.69) is 15.6 Å². The molecule has 0 saturated carbocycles. The Labute approximate surface area is 220 Å². The fraction of sp³-hybridized carbons (Fsp3) is 0.261. The molecule has 2 heterocycles. The van der Waals surface area contributed by atoms with Gasteiger partial charge >= 0.3 is 5.97 Å². The molecule has 3 N–H and O–H groups in total. The largest absolute Gasteiger partial charge is 0.480 e. The minimum atomic E-state index is -1.36. The number of rotatable bonds is 7. The number of hydrogen-bond donors (Lipinski definition) is 3. The molecule has 188 valence electrons. The summed E-state index contributed by atoms with van der Waals surface area (Å²) in [6.07, 6.45) is 1.76. The molecule has 1 aromatic heterocycles. The summed E-state index contributed by atoms with van der Waals surface area (Å²) < 4.78 is 1.20. The Kier molecular flexibility index (Phi) is 7.79. The van der Waals surface area contributed by atoms with Gasteiger partial charge in [-0.3, -0.25) is 9.59 Å². The minimum Gasteiger partial charge on any atom is -0.480 e. The molecule has 4 rings (SSSR count). The number of fused-ring (bicyclic) bond motifs is 1. The van der Waals surface area contributed by atoms with Gasteiger partial charge in [0.1, 0.15) is 11.7 Å². The Balaban J connectivity index is 1.53. The van der Waals surface area contributed by atoms with E-state index in [4.69, 9.17) is 39.9 Å². The summed E-state index contributed by atoms with van der Waals surface area (Å²) in [5.74, 6) is -2.23. The minimum absolute atomic E-state index is 0.0319. The number of hydrogen-bond acceptors (Lipinski definition) is 6. The van der Waals surface area contributed by atoms with Crippen molar-refractivity contribution >= 4 is 52.6 Å². The molecule has 2 aromatic carbocycles. The standard InChI is InChI=1S/C23H20Cl3N5O5/c24-14-3-1-12(2-4-14)22(34)30-6-5-16-13(8-30)7-17(25)19(20(16)26)21(33)27-18(23(35)36)10-31-9-15(11-32)28-29-31/h1-4,7,9,18,32H,5-6,8,10-11H2,(H,27,33)(H,35,36)/t18-/m0/s1. The highest BCUT2D eigenvalue weighted by Crippen LogP contribution is 2.35. The van der Waals surface area contributed by atoms with E-state index >= 15 is 0 Å². The quantitative estimate of drug-likeness (QED) is 0.410. The Morgan fingerprint density at radius 1 is 1.14 bits per heavy atom. The van der Waals surface area contributed by atoms with Crippen LogP contribution in [0.25, 0.3) is 0 Å². The molecule has 13 heteroatoms. The Morgan fingerprint density at radius 2 is 1.86 bits per heavy atom. The number of benzene rings is 2. The molecule has 10 nitrogen and oxygen atoms in total. The van der Waals surface area contributed by atoms with Crippen LogP contribution in [0.3, 0.4) is 0 Å². The number of carboxylic acid groups (broad SMARTS) is 1. The number of halogens is 3. The Morgan fingerprint density at radius 3 is 2.50 bits per heavy atom. The third kappa shape index (κ3) is 5.46. The van der Waals surface area contributed by atoms with Crippen molar-refractivity contribution in [3.8, 4) is 0 Å². The van der Waals surface area contributed by atoms with E-state index in [1.54, 1.807) is 35.2 Å². The molecule has 1 aliphatic heterocycles. The smallest absolute Gasteiger partial charge is 0.328 e. The predicted octanol–water partition coefficient (Wildman–Crippen LogP) is 2.81. The third-order valence-electron chi connectivity index (χ3n) is 5.73. The maximum Gasteiger partial charge on any atom is 0.328 e. The number of nitrogens with one attached hydrogen (secondary N) is 1. The lowest BCUT2D eigenvalue weighted by molar-refractivity contribution is -0.139. The molecule has 1 aliphatic rings. The first kappa shape index (κ1) is 25.9. The summed E-state index contributed by atoms with van der Waals surface area (Å²) in [6, 6.07) is 6.79. The summed E-state index contributed by atoms with van der Waals surface area (Å²) in [5, 5.41) is 29.2. The van der Waals surface area contributed by atoms with Crippen LogP contribution in [0.2, 0.25) is 15.1 Å². The first-order valence-corrected chi connectivity index (χ1v) is 11.9. The first-order chi connectivity index (χ1) is 17.2. The lowest BCUT2D eigenvalue weighted by atomic mass is 9.96. The van der Waals surface area contributed by atoms with Gasteiger partial charge in [-0.25, -0.2) is 9.48 Å². The maximum atomic E-state index is 13.0. The van der Waals surface area contributed by atoms with Crippen LogP contribution in [0.1, 0.15) is 37.5 Å². The number of nitrogens with zero attached hydrogens (tertiary/aromatic N) is 4. The van der Waals surface area contributed by atoms with Crippen LogP contribution >= 0.6 is 34.8 Å². The molecule has 1 atom stereocenters. The number of amides is 2. The Hall–Kier alpha value is -3.18. The van der Waals surface area contributed by atoms with Crippen LogP contribution in [0.15, 0.2) is 36.5 Å². The van der Waals surface area contributed by atoms with Gasteiger partial charge in [0.15, 0.2) is 0 Å². The maximum absolute atomic E-state index is 13.0. The van der Waals surface area contributed by atoms with Gasteiger partial charge in [0, 0.05) is 23.7 Å². The van der Waals surface area contributed by atoms with Crippen molar-refractivity contribution in [2.45, 2.75) is 32.2 Å². The van der Waals surface area contributed by atoms with Gasteiger partial charge in [0.2, 0.25) is 0 Å². The van der Waals surface area contributed by atoms with Gasteiger partial charge in [0.05, 0.1) is 35.0 Å². The average Bonchev–Trinajstić information content (AvgIpc) is 3.31. The van der Waals surface area contributed by atoms with Crippen LogP contribution in [0.4, 0.5) is 0 Å². The average molecular weight is 553 g/mol. The highest BCUT2D eigenvalue weighted by Gasteiger charge is 2.30. The number of carbonyl (C=O) groups is 3. The topological polar surface area (TPSA) is 138 Å². The van der Waals surface area contributed by atoms with E-state index < -0.39 is 17.9 Å². The van der Waals surface area contributed by atoms with Crippen LogP contribution in [0, 0.1) is 0 Å². The van der Waals surface area contributed by atoms with E-state index in [0.717, 1.165) is 0 Å². The van der Waals surface area contributed by atoms with Gasteiger partial charge in [-0.1, -0.05) is 40.0 Å². The van der Waals surface area contributed by atoms with Crippen molar-refractivity contribution in [3.05, 3.63) is 79.5 Å². The molecule has 0 fully saturated rings. The summed E-state index contributed by atoms with van der Waals surface area (Å²) in [7, 11) is 0. The summed E-state index contributed by atoms with van der Waals surface area (Å²) >= 11 is 18.9. The fourth-order valence-corrected chi connectivity index (χ4v) is 4.80. The molecule has 0 aliphatic carbocycles. The first-order valence-electron chi connectivity index (χ1n) is 10.8. The number of aromatic nitrogens is 3. The van der Waals surface area contributed by atoms with E-state index in [0.29, 0.717) is 34.7 Å². The molecule has 3 aromatic rings. The highest BCUT2D eigenvalue weighted by atomic mass is 35.5. The molecule has 0 saturated heterocycles. The molecule has 36 heavy (non-hydrogen) atoms. The summed E-state index contributed by atoms with van der Waals surface area (Å²) in [4.78, 5) is 39.3. The van der Waals surface area contributed by atoms with Crippen molar-refractivity contribution in [2.75, 3.05) is 6.54 Å². The van der Waals surface area contributed by atoms with Crippen molar-refractivity contribution < 1.29 is 24.6 Å². The van der Waals surface area contributed by atoms with Gasteiger partial charge in [-0.2, -0.15) is 0 Å². The van der Waals surface area contributed by atoms with Crippen molar-refractivity contribution in [3.63, 3.8) is 0 Å². The Bertz CT molecular complexity index is 1330. The zero-order valence-corrected chi connectivity index (χ0v) is 20.9. The van der Waals surface area contributed by atoms with Gasteiger partial charge in [-0.05, 0) is 47.9 Å². The normalized spacial score (nSPS) is 13.7. The number of aliphatic carboxylic acids is 1. The zero-order chi connectivity index (χ0) is 26.0. The number of carbonyl (C=O) groups excluding carboxylic acids is 2. The zero-order valence-electron chi connectivity index (χ0n) is 18.6. The molecular weight excluding hydrogens is 533 g/mol. The molecule has 0 bridgehead atoms. The fourth-order valence-electron chi connectivity index (χ4n) is 3.91. The van der Waals surface area contributed by atoms with Crippen molar-refractivity contribution in [1.29, 1.82) is 0 Å². The number of aliphatic hydroxyl groups is 1. The van der Waals surface area contributed by atoms with Crippen molar-refractivity contribution in [1.82, 2.24) is 25.2 Å². The van der Waals surface area contributed by atoms with Gasteiger partial charge in [-0.15, -0.1) is 5.10 Å². The third-order valence-corrected chi connectivity index (χ3v) is 6.70. The van der Waals surface area contributed by atoms with Crippen molar-refractivity contribution in [2.24, 2.45) is 0 Å². The lowest BCUT2D eigenvalue weighted by Crippen LogP contribution is -2.44. The second kappa shape index (κ2) is 10.8. The van der Waals surface area contributed by atoms with E-state index in [1.165, 1.54) is 10.9 Å². The SMILES string of the molecule is O=C(N[C@@H](Cn1cc(CO)nn1)C(=O)O)c1c(Cl)cc2c(c1Cl)CCN(C(=O)c1ccc(Cl)cc1)C2. The highest BCUT2D eigenvalue weighted by molar-refractivity contribution is 6.40. The number of carboxylic acids is 1. The second-order valence-corrected chi connectivity index (χ2v) is 9.34. The molecule has 0 spiro atoms. The molecule has 0 unspecified atom stereocenters.